The Labute approximate surface area is 280 Å². The maximum absolute atomic E-state index is 13.6. The highest BCUT2D eigenvalue weighted by molar-refractivity contribution is 9.10. The molecule has 1 fully saturated rings. The molecule has 5 aromatic rings. The Bertz CT molecular complexity index is 2050. The zero-order valence-electron chi connectivity index (χ0n) is 25.8. The predicted molar refractivity (Wildman–Crippen MR) is 186 cm³/mol. The fraction of sp³-hybridized carbons (Fsp3) is 0.194. The van der Waals surface area contributed by atoms with Crippen LogP contribution in [0.5, 0.6) is 11.5 Å². The molecule has 1 aromatic heterocycles. The van der Waals surface area contributed by atoms with Gasteiger partial charge in [-0.2, -0.15) is 5.10 Å². The molecule has 4 aromatic carbocycles. The van der Waals surface area contributed by atoms with Crippen molar-refractivity contribution in [3.63, 3.8) is 0 Å². The average Bonchev–Trinajstić information content (AvgIpc) is 3.44. The standard InChI is InChI=1S/C36H31BrFN7O2/c1-22-31-32(23-20-27(37)33(46)30(21-23)47-2)44-29-11-7-6-10-28(29)39-35(36(44)40-34(31)45(41-22)26-8-4-3-5-9-26)43-18-16-42(17-19-43)25-14-12-24(38)13-15-25/h3-15,20-21,32,46H,16-19H2,1-2H3/t32-/m1/s1. The maximum atomic E-state index is 13.6. The molecular weight excluding hydrogens is 661 g/mol. The lowest BCUT2D eigenvalue weighted by Crippen LogP contribution is -2.55. The van der Waals surface area contributed by atoms with Crippen LogP contribution in [0.1, 0.15) is 22.9 Å². The molecule has 1 atom stereocenters. The van der Waals surface area contributed by atoms with Gasteiger partial charge in [-0.05, 0) is 89.1 Å². The van der Waals surface area contributed by atoms with E-state index >= 15 is 0 Å². The van der Waals surface area contributed by atoms with E-state index in [0.717, 1.165) is 70.1 Å². The molecule has 0 unspecified atom stereocenters. The highest BCUT2D eigenvalue weighted by Crippen LogP contribution is 2.50. The number of phenols is 1. The number of hydrogen-bond acceptors (Lipinski definition) is 8. The van der Waals surface area contributed by atoms with Gasteiger partial charge in [0.25, 0.3) is 0 Å². The van der Waals surface area contributed by atoms with Crippen molar-refractivity contribution >= 4 is 50.5 Å². The Morgan fingerprint density at radius 3 is 2.28 bits per heavy atom. The number of piperazine rings is 1. The van der Waals surface area contributed by atoms with Crippen LogP contribution in [0.2, 0.25) is 0 Å². The number of phenolic OH excluding ortho intramolecular Hbond substituents is 1. The first-order valence-electron chi connectivity index (χ1n) is 15.4. The third-order valence-corrected chi connectivity index (χ3v) is 9.58. The SMILES string of the molecule is COc1cc([C@@H]2c3c(C)nn(-c4ccccc4)c3N=C3C(N4CCN(c5ccc(F)cc5)CC4)=Nc4ccccc4N32)cc(Br)c1O. The van der Waals surface area contributed by atoms with Crippen LogP contribution >= 0.6 is 15.9 Å². The molecule has 9 nitrogen and oxygen atoms in total. The Hall–Kier alpha value is -5.16. The van der Waals surface area contributed by atoms with Gasteiger partial charge >= 0.3 is 0 Å². The van der Waals surface area contributed by atoms with E-state index in [1.807, 2.05) is 84.4 Å². The van der Waals surface area contributed by atoms with Crippen molar-refractivity contribution in [2.45, 2.75) is 13.0 Å². The number of hydrogen-bond donors (Lipinski definition) is 1. The van der Waals surface area contributed by atoms with Gasteiger partial charge in [0.15, 0.2) is 29.0 Å². The van der Waals surface area contributed by atoms with Crippen LogP contribution in [0.15, 0.2) is 105 Å². The van der Waals surface area contributed by atoms with Gasteiger partial charge in [0.05, 0.1) is 40.4 Å². The van der Waals surface area contributed by atoms with E-state index in [4.69, 9.17) is 19.8 Å². The van der Waals surface area contributed by atoms with Gasteiger partial charge in [-0.3, -0.25) is 0 Å². The van der Waals surface area contributed by atoms with Crippen molar-refractivity contribution < 1.29 is 14.2 Å². The summed E-state index contributed by atoms with van der Waals surface area (Å²) >= 11 is 3.57. The molecule has 47 heavy (non-hydrogen) atoms. The van der Waals surface area contributed by atoms with Crippen molar-refractivity contribution in [3.05, 3.63) is 118 Å². The lowest BCUT2D eigenvalue weighted by Gasteiger charge is -2.44. The molecule has 0 aliphatic carbocycles. The number of ether oxygens (including phenoxy) is 1. The number of halogens is 2. The smallest absolute Gasteiger partial charge is 0.179 e. The van der Waals surface area contributed by atoms with Gasteiger partial charge in [-0.1, -0.05) is 30.3 Å². The van der Waals surface area contributed by atoms with Crippen molar-refractivity contribution in [1.82, 2.24) is 14.7 Å². The number of aromatic nitrogens is 2. The summed E-state index contributed by atoms with van der Waals surface area (Å²) < 4.78 is 21.7. The van der Waals surface area contributed by atoms with Crippen LogP contribution in [0, 0.1) is 12.7 Å². The van der Waals surface area contributed by atoms with E-state index in [1.165, 1.54) is 12.1 Å². The van der Waals surface area contributed by atoms with E-state index in [2.05, 4.69) is 36.7 Å². The van der Waals surface area contributed by atoms with E-state index in [1.54, 1.807) is 7.11 Å². The van der Waals surface area contributed by atoms with E-state index < -0.39 is 0 Å². The molecule has 0 amide bonds. The Balaban J connectivity index is 1.30. The molecule has 236 valence electrons. The summed E-state index contributed by atoms with van der Waals surface area (Å²) in [7, 11) is 1.55. The fourth-order valence-electron chi connectivity index (χ4n) is 6.71. The lowest BCUT2D eigenvalue weighted by atomic mass is 9.93. The van der Waals surface area contributed by atoms with Gasteiger partial charge in [-0.15, -0.1) is 0 Å². The summed E-state index contributed by atoms with van der Waals surface area (Å²) in [6.07, 6.45) is 0. The third kappa shape index (κ3) is 4.93. The lowest BCUT2D eigenvalue weighted by molar-refractivity contribution is 0.371. The first kappa shape index (κ1) is 29.3. The number of anilines is 2. The molecule has 3 aliphatic heterocycles. The van der Waals surface area contributed by atoms with Crippen LogP contribution in [-0.4, -0.2) is 64.7 Å². The number of aromatic hydroxyl groups is 1. The molecule has 1 N–H and O–H groups in total. The number of aryl methyl sites for hydroxylation is 1. The quantitative estimate of drug-likeness (QED) is 0.213. The highest BCUT2D eigenvalue weighted by Gasteiger charge is 2.43. The zero-order valence-corrected chi connectivity index (χ0v) is 27.4. The molecule has 3 aliphatic rings. The van der Waals surface area contributed by atoms with Crippen molar-refractivity contribution in [2.24, 2.45) is 9.98 Å². The minimum atomic E-state index is -0.368. The van der Waals surface area contributed by atoms with Crippen molar-refractivity contribution in [2.75, 3.05) is 43.1 Å². The van der Waals surface area contributed by atoms with Gasteiger partial charge in [0, 0.05) is 37.4 Å². The fourth-order valence-corrected chi connectivity index (χ4v) is 7.17. The van der Waals surface area contributed by atoms with Gasteiger partial charge < -0.3 is 24.5 Å². The van der Waals surface area contributed by atoms with Crippen molar-refractivity contribution in [1.29, 1.82) is 0 Å². The van der Waals surface area contributed by atoms with Gasteiger partial charge in [0.1, 0.15) is 5.82 Å². The number of rotatable bonds is 4. The van der Waals surface area contributed by atoms with Crippen LogP contribution in [0.25, 0.3) is 5.69 Å². The Morgan fingerprint density at radius 1 is 0.830 bits per heavy atom. The summed E-state index contributed by atoms with van der Waals surface area (Å²) in [5.41, 5.74) is 6.36. The zero-order chi connectivity index (χ0) is 32.2. The molecule has 11 heteroatoms. The summed E-state index contributed by atoms with van der Waals surface area (Å²) in [6.45, 7) is 4.92. The number of para-hydroxylation sites is 3. The topological polar surface area (TPSA) is 81.7 Å². The largest absolute Gasteiger partial charge is 0.503 e. The third-order valence-electron chi connectivity index (χ3n) is 8.98. The minimum Gasteiger partial charge on any atom is -0.503 e. The second-order valence-corrected chi connectivity index (χ2v) is 12.6. The van der Waals surface area contributed by atoms with Crippen LogP contribution in [0.3, 0.4) is 0 Å². The Kier molecular flexibility index (Phi) is 7.20. The van der Waals surface area contributed by atoms with Crippen LogP contribution in [-0.2, 0) is 0 Å². The molecule has 1 saturated heterocycles. The van der Waals surface area contributed by atoms with E-state index in [-0.39, 0.29) is 17.6 Å². The van der Waals surface area contributed by atoms with Crippen molar-refractivity contribution in [3.8, 4) is 17.2 Å². The number of nitrogens with zero attached hydrogens (tertiary/aromatic N) is 7. The molecule has 8 rings (SSSR count). The molecule has 0 saturated carbocycles. The highest BCUT2D eigenvalue weighted by atomic mass is 79.9. The molecule has 4 heterocycles. The first-order chi connectivity index (χ1) is 22.9. The molecule has 0 spiro atoms. The molecular formula is C36H31BrFN7O2. The Morgan fingerprint density at radius 2 is 1.53 bits per heavy atom. The number of aliphatic imine (C=N–C) groups is 2. The van der Waals surface area contributed by atoms with E-state index in [9.17, 15) is 9.50 Å². The predicted octanol–water partition coefficient (Wildman–Crippen LogP) is 7.30. The minimum absolute atomic E-state index is 0.0400. The second-order valence-electron chi connectivity index (χ2n) is 11.7. The normalized spacial score (nSPS) is 17.0. The number of amidine groups is 2. The first-order valence-corrected chi connectivity index (χ1v) is 16.2. The molecule has 0 bridgehead atoms. The monoisotopic (exact) mass is 691 g/mol. The summed E-state index contributed by atoms with van der Waals surface area (Å²) in [5.74, 6) is 2.39. The number of methoxy groups -OCH3 is 1. The maximum Gasteiger partial charge on any atom is 0.179 e. The second kappa shape index (κ2) is 11.6. The summed E-state index contributed by atoms with van der Waals surface area (Å²) in [6, 6.07) is 28.2. The summed E-state index contributed by atoms with van der Waals surface area (Å²) in [5, 5.41) is 15.8. The number of fused-ring (bicyclic) bond motifs is 4. The van der Waals surface area contributed by atoms with Gasteiger partial charge in [-0.25, -0.2) is 19.1 Å². The van der Waals surface area contributed by atoms with Crippen LogP contribution in [0.4, 0.5) is 27.3 Å². The van der Waals surface area contributed by atoms with Crippen LogP contribution < -0.4 is 14.5 Å². The summed E-state index contributed by atoms with van der Waals surface area (Å²) in [4.78, 5) is 17.4. The van der Waals surface area contributed by atoms with E-state index in [0.29, 0.717) is 23.3 Å². The molecule has 0 radical (unpaired) electrons. The number of benzene rings is 4. The van der Waals surface area contributed by atoms with Gasteiger partial charge in [0.2, 0.25) is 0 Å². The average molecular weight is 693 g/mol.